The first-order valence-corrected chi connectivity index (χ1v) is 9.85. The second-order valence-electron chi connectivity index (χ2n) is 6.47. The second-order valence-corrected chi connectivity index (χ2v) is 7.90. The summed E-state index contributed by atoms with van der Waals surface area (Å²) in [5.41, 5.74) is 1.25. The molecule has 0 fully saturated rings. The highest BCUT2D eigenvalue weighted by Gasteiger charge is 2.25. The molecule has 1 aromatic carbocycles. The number of hydrogen-bond acceptors (Lipinski definition) is 2. The third-order valence-electron chi connectivity index (χ3n) is 4.48. The van der Waals surface area contributed by atoms with Crippen molar-refractivity contribution in [3.05, 3.63) is 29.8 Å². The van der Waals surface area contributed by atoms with E-state index in [-0.39, 0.29) is 10.3 Å². The van der Waals surface area contributed by atoms with Crippen LogP contribution in [0.25, 0.3) is 0 Å². The molecule has 1 unspecified atom stereocenters. The van der Waals surface area contributed by atoms with Gasteiger partial charge in [-0.05, 0) is 36.0 Å². The minimum Gasteiger partial charge on any atom is -0.282 e. The quantitative estimate of drug-likeness (QED) is 0.465. The van der Waals surface area contributed by atoms with E-state index in [9.17, 15) is 8.42 Å². The molecule has 1 atom stereocenters. The topological polar surface area (TPSA) is 54.4 Å². The van der Waals surface area contributed by atoms with Crippen LogP contribution in [0, 0.1) is 0 Å². The first kappa shape index (κ1) is 19.2. The van der Waals surface area contributed by atoms with Gasteiger partial charge in [0.05, 0.1) is 4.90 Å². The molecule has 0 amide bonds. The highest BCUT2D eigenvalue weighted by molar-refractivity contribution is 7.85. The molecule has 1 N–H and O–H groups in total. The van der Waals surface area contributed by atoms with E-state index in [1.54, 1.807) is 0 Å². The van der Waals surface area contributed by atoms with Crippen molar-refractivity contribution < 1.29 is 13.0 Å². The first-order chi connectivity index (χ1) is 10.3. The lowest BCUT2D eigenvalue weighted by Crippen LogP contribution is -2.22. The average molecular weight is 327 g/mol. The van der Waals surface area contributed by atoms with Gasteiger partial charge in [0.1, 0.15) is 0 Å². The molecule has 0 aliphatic rings. The van der Waals surface area contributed by atoms with Gasteiger partial charge < -0.3 is 0 Å². The van der Waals surface area contributed by atoms with Crippen LogP contribution in [0.2, 0.25) is 0 Å². The molecule has 22 heavy (non-hydrogen) atoms. The maximum atomic E-state index is 11.1. The zero-order valence-electron chi connectivity index (χ0n) is 14.1. The fraction of sp³-hybridized carbons (Fsp3) is 0.667. The van der Waals surface area contributed by atoms with Gasteiger partial charge in [-0.15, -0.1) is 0 Å². The number of benzene rings is 1. The SMILES string of the molecule is CCCCCCCC(C)(CCC)c1ccc(S(=O)(=O)O)cc1. The first-order valence-electron chi connectivity index (χ1n) is 8.41. The molecule has 0 bridgehead atoms. The van der Waals surface area contributed by atoms with Gasteiger partial charge in [0.25, 0.3) is 10.1 Å². The Bertz CT molecular complexity index is 534. The van der Waals surface area contributed by atoms with Gasteiger partial charge in [-0.1, -0.05) is 71.4 Å². The average Bonchev–Trinajstić information content (AvgIpc) is 2.46. The van der Waals surface area contributed by atoms with Crippen molar-refractivity contribution in [3.8, 4) is 0 Å². The van der Waals surface area contributed by atoms with Crippen LogP contribution in [0.4, 0.5) is 0 Å². The van der Waals surface area contributed by atoms with Crippen molar-refractivity contribution in [1.29, 1.82) is 0 Å². The van der Waals surface area contributed by atoms with Crippen LogP contribution in [-0.4, -0.2) is 13.0 Å². The van der Waals surface area contributed by atoms with Crippen LogP contribution in [0.3, 0.4) is 0 Å². The zero-order chi connectivity index (χ0) is 16.6. The van der Waals surface area contributed by atoms with Crippen LogP contribution in [0.15, 0.2) is 29.2 Å². The van der Waals surface area contributed by atoms with Gasteiger partial charge in [-0.2, -0.15) is 8.42 Å². The third kappa shape index (κ3) is 5.73. The largest absolute Gasteiger partial charge is 0.294 e. The standard InChI is InChI=1S/C18H30O3S/c1-4-6-7-8-9-15-18(3,14-5-2)16-10-12-17(13-11-16)22(19,20)21/h10-13H,4-9,14-15H2,1-3H3,(H,19,20,21). The van der Waals surface area contributed by atoms with Gasteiger partial charge in [0.2, 0.25) is 0 Å². The molecule has 0 aliphatic heterocycles. The van der Waals surface area contributed by atoms with E-state index in [0.717, 1.165) is 24.8 Å². The summed E-state index contributed by atoms with van der Waals surface area (Å²) >= 11 is 0. The molecule has 0 aliphatic carbocycles. The smallest absolute Gasteiger partial charge is 0.282 e. The fourth-order valence-corrected chi connectivity index (χ4v) is 3.59. The van der Waals surface area contributed by atoms with Crippen molar-refractivity contribution in [1.82, 2.24) is 0 Å². The van der Waals surface area contributed by atoms with E-state index >= 15 is 0 Å². The Balaban J connectivity index is 2.80. The lowest BCUT2D eigenvalue weighted by atomic mass is 9.75. The van der Waals surface area contributed by atoms with Gasteiger partial charge in [0, 0.05) is 0 Å². The lowest BCUT2D eigenvalue weighted by molar-refractivity contribution is 0.376. The molecule has 0 heterocycles. The molecule has 0 spiro atoms. The van der Waals surface area contributed by atoms with E-state index in [4.69, 9.17) is 4.55 Å². The maximum absolute atomic E-state index is 11.1. The maximum Gasteiger partial charge on any atom is 0.294 e. The Morgan fingerprint density at radius 3 is 2.00 bits per heavy atom. The van der Waals surface area contributed by atoms with Crippen LogP contribution >= 0.6 is 0 Å². The molecule has 4 heteroatoms. The van der Waals surface area contributed by atoms with Crippen LogP contribution in [0.1, 0.15) is 77.7 Å². The van der Waals surface area contributed by atoms with E-state index < -0.39 is 10.1 Å². The van der Waals surface area contributed by atoms with Crippen LogP contribution < -0.4 is 0 Å². The van der Waals surface area contributed by atoms with Crippen molar-refractivity contribution in [2.45, 2.75) is 82.4 Å². The van der Waals surface area contributed by atoms with E-state index in [1.807, 2.05) is 12.1 Å². The molecule has 0 saturated heterocycles. The molecule has 1 aromatic rings. The van der Waals surface area contributed by atoms with Gasteiger partial charge in [-0.25, -0.2) is 0 Å². The van der Waals surface area contributed by atoms with Crippen molar-refractivity contribution >= 4 is 10.1 Å². The van der Waals surface area contributed by atoms with Gasteiger partial charge >= 0.3 is 0 Å². The normalized spacial score (nSPS) is 14.7. The summed E-state index contributed by atoms with van der Waals surface area (Å²) < 4.78 is 31.4. The Morgan fingerprint density at radius 1 is 0.909 bits per heavy atom. The Hall–Kier alpha value is -0.870. The summed E-state index contributed by atoms with van der Waals surface area (Å²) in [4.78, 5) is -0.0296. The summed E-state index contributed by atoms with van der Waals surface area (Å²) in [6, 6.07) is 6.72. The predicted octanol–water partition coefficient (Wildman–Crippen LogP) is 5.35. The third-order valence-corrected chi connectivity index (χ3v) is 5.35. The molecular formula is C18H30O3S. The Kier molecular flexibility index (Phi) is 7.57. The monoisotopic (exact) mass is 326 g/mol. The molecule has 0 aromatic heterocycles. The molecule has 3 nitrogen and oxygen atoms in total. The van der Waals surface area contributed by atoms with Crippen molar-refractivity contribution in [2.75, 3.05) is 0 Å². The Morgan fingerprint density at radius 2 is 1.50 bits per heavy atom. The summed E-state index contributed by atoms with van der Waals surface area (Å²) in [5, 5.41) is 0. The minimum atomic E-state index is -4.10. The van der Waals surface area contributed by atoms with Crippen LogP contribution in [0.5, 0.6) is 0 Å². The molecular weight excluding hydrogens is 296 g/mol. The molecule has 126 valence electrons. The molecule has 0 saturated carbocycles. The predicted molar refractivity (Wildman–Crippen MR) is 91.9 cm³/mol. The van der Waals surface area contributed by atoms with Gasteiger partial charge in [-0.3, -0.25) is 4.55 Å². The zero-order valence-corrected chi connectivity index (χ0v) is 15.0. The minimum absolute atomic E-state index is 0.0296. The lowest BCUT2D eigenvalue weighted by Gasteiger charge is -2.30. The number of rotatable bonds is 10. The fourth-order valence-electron chi connectivity index (χ4n) is 3.11. The summed E-state index contributed by atoms with van der Waals surface area (Å²) in [6.07, 6.45) is 9.62. The highest BCUT2D eigenvalue weighted by Crippen LogP contribution is 2.35. The number of hydrogen-bond donors (Lipinski definition) is 1. The summed E-state index contributed by atoms with van der Waals surface area (Å²) in [5.74, 6) is 0. The molecule has 0 radical (unpaired) electrons. The van der Waals surface area contributed by atoms with E-state index in [1.165, 1.54) is 44.2 Å². The van der Waals surface area contributed by atoms with Crippen molar-refractivity contribution in [3.63, 3.8) is 0 Å². The van der Waals surface area contributed by atoms with Gasteiger partial charge in [0.15, 0.2) is 0 Å². The number of unbranched alkanes of at least 4 members (excludes halogenated alkanes) is 4. The highest BCUT2D eigenvalue weighted by atomic mass is 32.2. The second kappa shape index (κ2) is 8.68. The Labute approximate surface area is 135 Å². The summed E-state index contributed by atoms with van der Waals surface area (Å²) in [7, 11) is -4.10. The van der Waals surface area contributed by atoms with Crippen LogP contribution in [-0.2, 0) is 15.5 Å². The van der Waals surface area contributed by atoms with Crippen molar-refractivity contribution in [2.24, 2.45) is 0 Å². The van der Waals surface area contributed by atoms with E-state index in [0.29, 0.717) is 0 Å². The van der Waals surface area contributed by atoms with E-state index in [2.05, 4.69) is 20.8 Å². The summed E-state index contributed by atoms with van der Waals surface area (Å²) in [6.45, 7) is 6.67. The molecule has 1 rings (SSSR count).